The number of ether oxygens (including phenoxy) is 1. The van der Waals surface area contributed by atoms with Gasteiger partial charge in [-0.15, -0.1) is 0 Å². The highest BCUT2D eigenvalue weighted by Crippen LogP contribution is 2.29. The number of methoxy groups -OCH3 is 1. The molecule has 3 nitrogen and oxygen atoms in total. The first-order valence-electron chi connectivity index (χ1n) is 5.23. The van der Waals surface area contributed by atoms with Crippen molar-refractivity contribution in [2.45, 2.75) is 0 Å². The first kappa shape index (κ1) is 12.6. The number of rotatable bonds is 2. The highest BCUT2D eigenvalue weighted by atomic mass is 35.5. The van der Waals surface area contributed by atoms with Gasteiger partial charge < -0.3 is 9.30 Å². The van der Waals surface area contributed by atoms with Gasteiger partial charge in [0.15, 0.2) is 0 Å². The van der Waals surface area contributed by atoms with Crippen LogP contribution in [0.5, 0.6) is 0 Å². The van der Waals surface area contributed by atoms with Crippen LogP contribution in [-0.4, -0.2) is 17.6 Å². The number of esters is 1. The van der Waals surface area contributed by atoms with Crippen LogP contribution in [0.15, 0.2) is 30.5 Å². The van der Waals surface area contributed by atoms with Crippen molar-refractivity contribution in [3.05, 3.63) is 46.9 Å². The van der Waals surface area contributed by atoms with Crippen molar-refractivity contribution in [2.24, 2.45) is 7.05 Å². The Bertz CT molecular complexity index is 607. The van der Waals surface area contributed by atoms with Gasteiger partial charge in [0.2, 0.25) is 0 Å². The summed E-state index contributed by atoms with van der Waals surface area (Å²) >= 11 is 5.99. The number of carbonyl (C=O) groups excluding carboxylic acids is 1. The summed E-state index contributed by atoms with van der Waals surface area (Å²) in [4.78, 5) is 11.4. The number of halogens is 2. The summed E-state index contributed by atoms with van der Waals surface area (Å²) in [6.07, 6.45) is 1.64. The zero-order valence-corrected chi connectivity index (χ0v) is 10.7. The Morgan fingerprint density at radius 3 is 2.72 bits per heavy atom. The van der Waals surface area contributed by atoms with Crippen LogP contribution in [-0.2, 0) is 11.8 Å². The van der Waals surface area contributed by atoms with Gasteiger partial charge in [-0.3, -0.25) is 0 Å². The maximum Gasteiger partial charge on any atom is 0.339 e. The molecule has 0 aliphatic heterocycles. The number of carbonyl (C=O) groups is 1. The molecule has 5 heteroatoms. The van der Waals surface area contributed by atoms with Crippen molar-refractivity contribution in [3.63, 3.8) is 0 Å². The maximum atomic E-state index is 13.0. The Hall–Kier alpha value is -1.81. The fourth-order valence-corrected chi connectivity index (χ4v) is 2.02. The lowest BCUT2D eigenvalue weighted by atomic mass is 10.1. The first-order chi connectivity index (χ1) is 8.52. The van der Waals surface area contributed by atoms with Crippen molar-refractivity contribution in [2.75, 3.05) is 7.11 Å². The minimum atomic E-state index is -0.421. The Labute approximate surface area is 109 Å². The number of hydrogen-bond acceptors (Lipinski definition) is 2. The van der Waals surface area contributed by atoms with Crippen LogP contribution >= 0.6 is 11.6 Å². The van der Waals surface area contributed by atoms with Gasteiger partial charge in [0.1, 0.15) is 5.82 Å². The predicted molar refractivity (Wildman–Crippen MR) is 67.2 cm³/mol. The van der Waals surface area contributed by atoms with Gasteiger partial charge >= 0.3 is 5.97 Å². The molecule has 1 aromatic carbocycles. The molecule has 94 valence electrons. The first-order valence-corrected chi connectivity index (χ1v) is 5.61. The minimum absolute atomic E-state index is 0.299. The molecule has 0 unspecified atom stereocenters. The monoisotopic (exact) mass is 267 g/mol. The van der Waals surface area contributed by atoms with Crippen molar-refractivity contribution in [1.29, 1.82) is 0 Å². The lowest BCUT2D eigenvalue weighted by Gasteiger charge is -2.05. The Kier molecular flexibility index (Phi) is 3.39. The summed E-state index contributed by atoms with van der Waals surface area (Å²) in [5, 5.41) is 0.299. The number of nitrogens with zero attached hydrogens (tertiary/aromatic N) is 1. The van der Waals surface area contributed by atoms with Crippen LogP contribution in [0.1, 0.15) is 10.4 Å². The molecule has 0 atom stereocenters. The van der Waals surface area contributed by atoms with Crippen molar-refractivity contribution < 1.29 is 13.9 Å². The van der Waals surface area contributed by atoms with E-state index in [1.165, 1.54) is 19.2 Å². The molecule has 0 amide bonds. The van der Waals surface area contributed by atoms with Crippen molar-refractivity contribution in [1.82, 2.24) is 4.57 Å². The normalized spacial score (nSPS) is 10.4. The minimum Gasteiger partial charge on any atom is -0.465 e. The van der Waals surface area contributed by atoms with Gasteiger partial charge in [0, 0.05) is 18.8 Å². The van der Waals surface area contributed by atoms with E-state index in [9.17, 15) is 9.18 Å². The zero-order valence-electron chi connectivity index (χ0n) is 9.91. The van der Waals surface area contributed by atoms with Crippen molar-refractivity contribution in [3.8, 4) is 11.3 Å². The number of aromatic nitrogens is 1. The van der Waals surface area contributed by atoms with Crippen LogP contribution < -0.4 is 0 Å². The molecule has 0 aliphatic rings. The molecule has 2 aromatic rings. The number of benzene rings is 1. The zero-order chi connectivity index (χ0) is 13.3. The summed E-state index contributed by atoms with van der Waals surface area (Å²) < 4.78 is 19.4. The Balaban J connectivity index is 2.51. The molecule has 1 aromatic heterocycles. The average Bonchev–Trinajstić information content (AvgIpc) is 2.70. The summed E-state index contributed by atoms with van der Waals surface area (Å²) in [7, 11) is 3.10. The van der Waals surface area contributed by atoms with E-state index in [2.05, 4.69) is 4.74 Å². The molecule has 1 heterocycles. The molecule has 0 bridgehead atoms. The molecule has 0 radical (unpaired) electrons. The van der Waals surface area contributed by atoms with E-state index < -0.39 is 11.8 Å². The summed E-state index contributed by atoms with van der Waals surface area (Å²) in [6, 6.07) is 5.80. The number of hydrogen-bond donors (Lipinski definition) is 0. The van der Waals surface area contributed by atoms with E-state index in [4.69, 9.17) is 11.6 Å². The van der Waals surface area contributed by atoms with Gasteiger partial charge in [0.25, 0.3) is 0 Å². The second-order valence-corrected chi connectivity index (χ2v) is 4.25. The molecule has 2 rings (SSSR count). The molecular formula is C13H11ClFNO2. The topological polar surface area (TPSA) is 31.2 Å². The SMILES string of the molecule is COC(=O)c1cc(-c2ccc(F)cc2Cl)n(C)c1. The third kappa shape index (κ3) is 2.24. The largest absolute Gasteiger partial charge is 0.465 e. The van der Waals surface area contributed by atoms with Crippen LogP contribution in [0, 0.1) is 5.82 Å². The molecule has 0 aliphatic carbocycles. The molecule has 0 N–H and O–H groups in total. The van der Waals surface area contributed by atoms with Crippen LogP contribution in [0.4, 0.5) is 4.39 Å². The lowest BCUT2D eigenvalue weighted by molar-refractivity contribution is 0.0600. The quantitative estimate of drug-likeness (QED) is 0.782. The standard InChI is InChI=1S/C13H11ClFNO2/c1-16-7-8(13(17)18-2)5-12(16)10-4-3-9(15)6-11(10)14/h3-7H,1-2H3. The third-order valence-corrected chi connectivity index (χ3v) is 2.95. The van der Waals surface area contributed by atoms with E-state index >= 15 is 0 Å². The van der Waals surface area contributed by atoms with E-state index in [-0.39, 0.29) is 0 Å². The van der Waals surface area contributed by atoms with Gasteiger partial charge in [-0.1, -0.05) is 11.6 Å². The second kappa shape index (κ2) is 4.82. The predicted octanol–water partition coefficient (Wildman–Crippen LogP) is 3.27. The van der Waals surface area contributed by atoms with Gasteiger partial charge in [-0.25, -0.2) is 9.18 Å². The smallest absolute Gasteiger partial charge is 0.339 e. The van der Waals surface area contributed by atoms with Gasteiger partial charge in [-0.05, 0) is 24.3 Å². The van der Waals surface area contributed by atoms with Crippen LogP contribution in [0.25, 0.3) is 11.3 Å². The average molecular weight is 268 g/mol. The second-order valence-electron chi connectivity index (χ2n) is 3.84. The van der Waals surface area contributed by atoms with E-state index in [1.54, 1.807) is 29.9 Å². The third-order valence-electron chi connectivity index (χ3n) is 2.63. The fourth-order valence-electron chi connectivity index (χ4n) is 1.76. The molecule has 0 saturated heterocycles. The fraction of sp³-hybridized carbons (Fsp3) is 0.154. The lowest BCUT2D eigenvalue weighted by Crippen LogP contribution is -1.98. The summed E-state index contributed by atoms with van der Waals surface area (Å²) in [5.74, 6) is -0.818. The highest BCUT2D eigenvalue weighted by molar-refractivity contribution is 6.33. The van der Waals surface area contributed by atoms with E-state index in [0.29, 0.717) is 16.1 Å². The molecule has 18 heavy (non-hydrogen) atoms. The van der Waals surface area contributed by atoms with E-state index in [1.807, 2.05) is 0 Å². The molecule has 0 spiro atoms. The maximum absolute atomic E-state index is 13.0. The number of aryl methyl sites for hydroxylation is 1. The van der Waals surface area contributed by atoms with Gasteiger partial charge in [-0.2, -0.15) is 0 Å². The Morgan fingerprint density at radius 2 is 2.11 bits per heavy atom. The molecule has 0 saturated carbocycles. The molecule has 0 fully saturated rings. The van der Waals surface area contributed by atoms with Crippen LogP contribution in [0.2, 0.25) is 5.02 Å². The Morgan fingerprint density at radius 1 is 1.39 bits per heavy atom. The highest BCUT2D eigenvalue weighted by Gasteiger charge is 2.14. The summed E-state index contributed by atoms with van der Waals surface area (Å²) in [6.45, 7) is 0. The van der Waals surface area contributed by atoms with E-state index in [0.717, 1.165) is 5.69 Å². The molecular weight excluding hydrogens is 257 g/mol. The van der Waals surface area contributed by atoms with Crippen molar-refractivity contribution >= 4 is 17.6 Å². The van der Waals surface area contributed by atoms with Crippen LogP contribution in [0.3, 0.4) is 0 Å². The summed E-state index contributed by atoms with van der Waals surface area (Å²) in [5.41, 5.74) is 1.81. The van der Waals surface area contributed by atoms with Gasteiger partial charge in [0.05, 0.1) is 23.4 Å².